The Morgan fingerprint density at radius 1 is 1.42 bits per heavy atom. The molecule has 0 spiro atoms. The summed E-state index contributed by atoms with van der Waals surface area (Å²) in [4.78, 5) is 19.8. The average molecular weight is 203 g/mol. The number of aliphatic carboxylic acids is 1. The maximum Gasteiger partial charge on any atom is 0.427 e. The minimum Gasteiger partial charge on any atom is -0.478 e. The Morgan fingerprint density at radius 2 is 1.83 bits per heavy atom. The maximum absolute atomic E-state index is 11.6. The lowest BCUT2D eigenvalue weighted by Crippen LogP contribution is -2.15. The molecule has 68 valence electrons. The van der Waals surface area contributed by atoms with Crippen LogP contribution in [0.25, 0.3) is 0 Å². The van der Waals surface area contributed by atoms with Gasteiger partial charge in [0.05, 0.1) is 0 Å². The molecule has 12 heavy (non-hydrogen) atoms. The monoisotopic (exact) mass is 202 g/mol. The van der Waals surface area contributed by atoms with Crippen LogP contribution in [-0.4, -0.2) is 23.5 Å². The number of carboxylic acids is 1. The molecule has 0 fully saturated rings. The Hall–Kier alpha value is -1.04. The van der Waals surface area contributed by atoms with Crippen molar-refractivity contribution in [3.8, 4) is 0 Å². The van der Waals surface area contributed by atoms with E-state index in [2.05, 4.69) is 11.6 Å². The molecule has 0 heterocycles. The lowest BCUT2D eigenvalue weighted by Gasteiger charge is -2.04. The molecule has 1 N–H and O–H groups in total. The van der Waals surface area contributed by atoms with E-state index in [9.17, 15) is 22.8 Å². The first-order valence-electron chi connectivity index (χ1n) is 2.46. The van der Waals surface area contributed by atoms with Crippen LogP contribution in [0.1, 0.15) is 0 Å². The molecule has 0 aliphatic rings. The summed E-state index contributed by atoms with van der Waals surface area (Å²) in [5, 5.41) is 6.11. The van der Waals surface area contributed by atoms with Gasteiger partial charge in [0.2, 0.25) is 0 Å². The number of halogens is 4. The lowest BCUT2D eigenvalue weighted by molar-refractivity contribution is -0.134. The normalized spacial score (nSPS) is 13.7. The molecule has 7 heteroatoms. The first kappa shape index (κ1) is 11.0. The molecule has 0 atom stereocenters. The van der Waals surface area contributed by atoms with Crippen molar-refractivity contribution in [3.05, 3.63) is 10.6 Å². The highest BCUT2D eigenvalue weighted by molar-refractivity contribution is 6.34. The molecule has 0 radical (unpaired) electrons. The summed E-state index contributed by atoms with van der Waals surface area (Å²) in [5.74, 6) is -2.01. The van der Waals surface area contributed by atoms with Gasteiger partial charge in [0.15, 0.2) is 6.29 Å². The fourth-order valence-corrected chi connectivity index (χ4v) is 0.474. The minimum atomic E-state index is -5.00. The van der Waals surface area contributed by atoms with Crippen molar-refractivity contribution in [1.29, 1.82) is 0 Å². The molecule has 0 aliphatic heterocycles. The Balaban J connectivity index is 5.12. The third kappa shape index (κ3) is 2.54. The molecule has 0 aromatic heterocycles. The molecule has 0 saturated heterocycles. The second-order valence-corrected chi connectivity index (χ2v) is 2.03. The molecule has 0 saturated carbocycles. The van der Waals surface area contributed by atoms with Gasteiger partial charge in [0.1, 0.15) is 10.6 Å². The summed E-state index contributed by atoms with van der Waals surface area (Å²) in [6.07, 6.45) is -5.46. The number of aldehydes is 1. The highest BCUT2D eigenvalue weighted by Gasteiger charge is 2.37. The van der Waals surface area contributed by atoms with Crippen molar-refractivity contribution in [3.63, 3.8) is 0 Å². The quantitative estimate of drug-likeness (QED) is 0.318. The molecule has 0 aromatic carbocycles. The standard InChI is InChI=1S/C5H2ClF3O3/c6-3(5(7,8)9)2(1-10)4(11)12/h1H,(H,11,12). The van der Waals surface area contributed by atoms with Crippen molar-refractivity contribution < 1.29 is 27.9 Å². The summed E-state index contributed by atoms with van der Waals surface area (Å²) >= 11 is 4.56. The Labute approximate surface area is 69.4 Å². The minimum absolute atomic E-state index is 0.460. The first-order chi connectivity index (χ1) is 5.30. The lowest BCUT2D eigenvalue weighted by atomic mass is 10.3. The van der Waals surface area contributed by atoms with Gasteiger partial charge in [-0.25, -0.2) is 4.79 Å². The van der Waals surface area contributed by atoms with Gasteiger partial charge in [-0.2, -0.15) is 13.2 Å². The van der Waals surface area contributed by atoms with Gasteiger partial charge in [-0.3, -0.25) is 4.79 Å². The zero-order valence-corrected chi connectivity index (χ0v) is 6.11. The fraction of sp³-hybridized carbons (Fsp3) is 0.200. The predicted octanol–water partition coefficient (Wildman–Crippen LogP) is 1.33. The van der Waals surface area contributed by atoms with Crippen molar-refractivity contribution in [1.82, 2.24) is 0 Å². The van der Waals surface area contributed by atoms with Crippen LogP contribution in [0.5, 0.6) is 0 Å². The van der Waals surface area contributed by atoms with E-state index < -0.39 is 29.0 Å². The SMILES string of the molecule is O=CC(C(=O)O)=C(Cl)C(F)(F)F. The first-order valence-corrected chi connectivity index (χ1v) is 2.84. The fourth-order valence-electron chi connectivity index (χ4n) is 0.349. The zero-order valence-electron chi connectivity index (χ0n) is 5.35. The van der Waals surface area contributed by atoms with Crippen LogP contribution >= 0.6 is 11.6 Å². The van der Waals surface area contributed by atoms with Crippen LogP contribution in [0.3, 0.4) is 0 Å². The van der Waals surface area contributed by atoms with E-state index in [1.54, 1.807) is 0 Å². The summed E-state index contributed by atoms with van der Waals surface area (Å²) in [6.45, 7) is 0. The highest BCUT2D eigenvalue weighted by Crippen LogP contribution is 2.30. The molecule has 0 bridgehead atoms. The van der Waals surface area contributed by atoms with Crippen LogP contribution in [0.15, 0.2) is 10.6 Å². The van der Waals surface area contributed by atoms with Crippen LogP contribution < -0.4 is 0 Å². The van der Waals surface area contributed by atoms with Gasteiger partial charge in [-0.05, 0) is 0 Å². The number of rotatable bonds is 2. The Morgan fingerprint density at radius 3 is 1.92 bits per heavy atom. The van der Waals surface area contributed by atoms with Crippen molar-refractivity contribution in [2.24, 2.45) is 0 Å². The summed E-state index contributed by atoms with van der Waals surface area (Å²) in [7, 11) is 0. The van der Waals surface area contributed by atoms with E-state index in [0.29, 0.717) is 0 Å². The number of carbonyl (C=O) groups is 2. The van der Waals surface area contributed by atoms with Gasteiger partial charge in [0, 0.05) is 0 Å². The summed E-state index contributed by atoms with van der Waals surface area (Å²) in [5.41, 5.74) is -1.50. The molecule has 0 aliphatic carbocycles. The van der Waals surface area contributed by atoms with Gasteiger partial charge < -0.3 is 5.11 Å². The summed E-state index contributed by atoms with van der Waals surface area (Å²) < 4.78 is 34.9. The van der Waals surface area contributed by atoms with E-state index in [0.717, 1.165) is 0 Å². The number of allylic oxidation sites excluding steroid dienone is 1. The third-order valence-corrected chi connectivity index (χ3v) is 1.25. The van der Waals surface area contributed by atoms with Crippen LogP contribution in [0.2, 0.25) is 0 Å². The number of hydrogen-bond donors (Lipinski definition) is 1. The van der Waals surface area contributed by atoms with Gasteiger partial charge >= 0.3 is 12.1 Å². The number of hydrogen-bond acceptors (Lipinski definition) is 2. The Bertz CT molecular complexity index is 243. The molecule has 0 rings (SSSR count). The molecule has 0 unspecified atom stereocenters. The third-order valence-electron chi connectivity index (χ3n) is 0.834. The van der Waals surface area contributed by atoms with Gasteiger partial charge in [-0.15, -0.1) is 0 Å². The molecule has 0 aromatic rings. The van der Waals surface area contributed by atoms with Crippen molar-refractivity contribution in [2.75, 3.05) is 0 Å². The van der Waals surface area contributed by atoms with E-state index in [4.69, 9.17) is 5.11 Å². The molecule has 0 amide bonds. The highest BCUT2D eigenvalue weighted by atomic mass is 35.5. The smallest absolute Gasteiger partial charge is 0.427 e. The van der Waals surface area contributed by atoms with Crippen molar-refractivity contribution >= 4 is 23.9 Å². The number of carboxylic acid groups (broad SMARTS) is 1. The molecule has 3 nitrogen and oxygen atoms in total. The van der Waals surface area contributed by atoms with E-state index in [1.807, 2.05) is 0 Å². The average Bonchev–Trinajstić information content (AvgIpc) is 1.86. The zero-order chi connectivity index (χ0) is 9.94. The van der Waals surface area contributed by atoms with E-state index in [-0.39, 0.29) is 0 Å². The molecular weight excluding hydrogens is 200 g/mol. The summed E-state index contributed by atoms with van der Waals surface area (Å²) in [6, 6.07) is 0. The second-order valence-electron chi connectivity index (χ2n) is 1.65. The van der Waals surface area contributed by atoms with Crippen LogP contribution in [0.4, 0.5) is 13.2 Å². The van der Waals surface area contributed by atoms with Crippen LogP contribution in [0, 0.1) is 0 Å². The van der Waals surface area contributed by atoms with E-state index in [1.165, 1.54) is 0 Å². The maximum atomic E-state index is 11.6. The number of alkyl halides is 3. The predicted molar refractivity (Wildman–Crippen MR) is 32.6 cm³/mol. The van der Waals surface area contributed by atoms with Gasteiger partial charge in [0.25, 0.3) is 0 Å². The second kappa shape index (κ2) is 3.57. The topological polar surface area (TPSA) is 54.4 Å². The van der Waals surface area contributed by atoms with Crippen molar-refractivity contribution in [2.45, 2.75) is 6.18 Å². The van der Waals surface area contributed by atoms with E-state index >= 15 is 0 Å². The molecular formula is C5H2ClF3O3. The Kier molecular flexibility index (Phi) is 3.26. The largest absolute Gasteiger partial charge is 0.478 e. The van der Waals surface area contributed by atoms with Gasteiger partial charge in [-0.1, -0.05) is 11.6 Å². The van der Waals surface area contributed by atoms with Crippen LogP contribution in [-0.2, 0) is 9.59 Å². The number of carbonyl (C=O) groups excluding carboxylic acids is 1.